The largest absolute Gasteiger partial charge is 0.444 e. The zero-order chi connectivity index (χ0) is 14.0. The third-order valence-electron chi connectivity index (χ3n) is 3.06. The summed E-state index contributed by atoms with van der Waals surface area (Å²) in [4.78, 5) is 11.8. The molecule has 1 aliphatic rings. The Kier molecular flexibility index (Phi) is 3.48. The van der Waals surface area contributed by atoms with Crippen LogP contribution >= 0.6 is 0 Å². The van der Waals surface area contributed by atoms with Crippen LogP contribution in [-0.2, 0) is 11.2 Å². The summed E-state index contributed by atoms with van der Waals surface area (Å²) >= 11 is 0. The molecule has 0 spiro atoms. The monoisotopic (exact) mass is 258 g/mol. The van der Waals surface area contributed by atoms with Gasteiger partial charge < -0.3 is 10.1 Å². The number of carbonyl (C=O) groups excluding carboxylic acids is 1. The summed E-state index contributed by atoms with van der Waals surface area (Å²) in [5, 5.41) is 12.0. The van der Waals surface area contributed by atoms with Gasteiger partial charge in [-0.3, -0.25) is 0 Å². The van der Waals surface area contributed by atoms with Crippen LogP contribution in [0.2, 0.25) is 0 Å². The maximum atomic E-state index is 11.8. The van der Waals surface area contributed by atoms with E-state index in [9.17, 15) is 4.79 Å². The summed E-state index contributed by atoms with van der Waals surface area (Å²) in [6.45, 7) is 5.49. The van der Waals surface area contributed by atoms with Crippen molar-refractivity contribution in [2.45, 2.75) is 45.3 Å². The number of nitriles is 1. The van der Waals surface area contributed by atoms with Crippen molar-refractivity contribution in [3.63, 3.8) is 0 Å². The van der Waals surface area contributed by atoms with E-state index < -0.39 is 11.7 Å². The maximum Gasteiger partial charge on any atom is 0.408 e. The number of amides is 1. The molecule has 0 radical (unpaired) electrons. The Balaban J connectivity index is 2.15. The minimum absolute atomic E-state index is 0.124. The van der Waals surface area contributed by atoms with Gasteiger partial charge in [0.05, 0.1) is 17.7 Å². The van der Waals surface area contributed by atoms with Gasteiger partial charge in [-0.15, -0.1) is 0 Å². The van der Waals surface area contributed by atoms with Crippen LogP contribution in [0.3, 0.4) is 0 Å². The average Bonchev–Trinajstić information content (AvgIpc) is 2.70. The summed E-state index contributed by atoms with van der Waals surface area (Å²) in [6.07, 6.45) is 1.26. The second-order valence-electron chi connectivity index (χ2n) is 5.73. The van der Waals surface area contributed by atoms with Gasteiger partial charge in [0.2, 0.25) is 0 Å². The highest BCUT2D eigenvalue weighted by atomic mass is 16.6. The van der Waals surface area contributed by atoms with E-state index >= 15 is 0 Å². The first-order valence-electron chi connectivity index (χ1n) is 6.42. The van der Waals surface area contributed by atoms with Crippen LogP contribution in [0.5, 0.6) is 0 Å². The maximum absolute atomic E-state index is 11.8. The van der Waals surface area contributed by atoms with Gasteiger partial charge in [0.1, 0.15) is 5.60 Å². The zero-order valence-electron chi connectivity index (χ0n) is 11.5. The molecule has 0 saturated carbocycles. The number of nitrogens with zero attached hydrogens (tertiary/aromatic N) is 1. The molecule has 100 valence electrons. The molecule has 2 rings (SSSR count). The summed E-state index contributed by atoms with van der Waals surface area (Å²) in [5.41, 5.74) is 2.20. The van der Waals surface area contributed by atoms with Gasteiger partial charge in [-0.05, 0) is 50.8 Å². The number of ether oxygens (including phenoxy) is 1. The highest BCUT2D eigenvalue weighted by molar-refractivity contribution is 5.69. The first-order chi connectivity index (χ1) is 8.90. The molecule has 0 aliphatic heterocycles. The Hall–Kier alpha value is -2.02. The summed E-state index contributed by atoms with van der Waals surface area (Å²) in [6, 6.07) is 7.74. The lowest BCUT2D eigenvalue weighted by molar-refractivity contribution is 0.0503. The van der Waals surface area contributed by atoms with Crippen molar-refractivity contribution in [3.8, 4) is 6.07 Å². The van der Waals surface area contributed by atoms with Crippen molar-refractivity contribution >= 4 is 6.09 Å². The molecule has 4 heteroatoms. The summed E-state index contributed by atoms with van der Waals surface area (Å²) in [5.74, 6) is 0. The molecule has 0 heterocycles. The Labute approximate surface area is 113 Å². The fourth-order valence-electron chi connectivity index (χ4n) is 2.38. The number of alkyl carbamates (subject to hydrolysis) is 1. The smallest absolute Gasteiger partial charge is 0.408 e. The predicted molar refractivity (Wildman–Crippen MR) is 71.6 cm³/mol. The Morgan fingerprint density at radius 2 is 2.21 bits per heavy atom. The number of nitrogens with one attached hydrogen (secondary N) is 1. The van der Waals surface area contributed by atoms with Crippen molar-refractivity contribution in [3.05, 3.63) is 34.9 Å². The second-order valence-corrected chi connectivity index (χ2v) is 5.73. The number of carbonyl (C=O) groups is 1. The lowest BCUT2D eigenvalue weighted by atomic mass is 10.0. The number of benzene rings is 1. The Morgan fingerprint density at radius 3 is 2.84 bits per heavy atom. The minimum atomic E-state index is -0.514. The van der Waals surface area contributed by atoms with Crippen LogP contribution in [0.25, 0.3) is 0 Å². The molecular weight excluding hydrogens is 240 g/mol. The third-order valence-corrected chi connectivity index (χ3v) is 3.06. The van der Waals surface area contributed by atoms with E-state index in [2.05, 4.69) is 11.4 Å². The number of aryl methyl sites for hydroxylation is 1. The standard InChI is InChI=1S/C15H18N2O2/c1-15(2,3)19-14(18)17-12-8-7-10-5-4-6-11(9-16)13(10)12/h4-6,12H,7-8H2,1-3H3,(H,17,18). The highest BCUT2D eigenvalue weighted by Crippen LogP contribution is 2.33. The topological polar surface area (TPSA) is 62.1 Å². The van der Waals surface area contributed by atoms with E-state index in [4.69, 9.17) is 10.00 Å². The first-order valence-corrected chi connectivity index (χ1v) is 6.42. The van der Waals surface area contributed by atoms with Gasteiger partial charge in [0.25, 0.3) is 0 Å². The number of rotatable bonds is 1. The molecule has 0 fully saturated rings. The quantitative estimate of drug-likeness (QED) is 0.842. The van der Waals surface area contributed by atoms with Crippen molar-refractivity contribution in [2.75, 3.05) is 0 Å². The van der Waals surface area contributed by atoms with Crippen molar-refractivity contribution in [2.24, 2.45) is 0 Å². The molecule has 1 atom stereocenters. The molecule has 1 amide bonds. The van der Waals surface area contributed by atoms with E-state index in [-0.39, 0.29) is 6.04 Å². The third kappa shape index (κ3) is 3.05. The molecule has 19 heavy (non-hydrogen) atoms. The lowest BCUT2D eigenvalue weighted by Gasteiger charge is -2.22. The Morgan fingerprint density at radius 1 is 1.47 bits per heavy atom. The second kappa shape index (κ2) is 4.93. The average molecular weight is 258 g/mol. The molecule has 1 N–H and O–H groups in total. The van der Waals surface area contributed by atoms with Crippen molar-refractivity contribution in [1.29, 1.82) is 5.26 Å². The molecule has 0 saturated heterocycles. The molecule has 0 aromatic heterocycles. The van der Waals surface area contributed by atoms with Crippen LogP contribution < -0.4 is 5.32 Å². The van der Waals surface area contributed by atoms with Crippen LogP contribution in [-0.4, -0.2) is 11.7 Å². The molecule has 1 unspecified atom stereocenters. The van der Waals surface area contributed by atoms with Gasteiger partial charge in [-0.1, -0.05) is 12.1 Å². The van der Waals surface area contributed by atoms with Crippen LogP contribution in [0.4, 0.5) is 4.79 Å². The van der Waals surface area contributed by atoms with E-state index in [1.54, 1.807) is 6.07 Å². The van der Waals surface area contributed by atoms with Gasteiger partial charge >= 0.3 is 6.09 Å². The minimum Gasteiger partial charge on any atom is -0.444 e. The van der Waals surface area contributed by atoms with Crippen molar-refractivity contribution < 1.29 is 9.53 Å². The van der Waals surface area contributed by atoms with Crippen LogP contribution in [0.15, 0.2) is 18.2 Å². The fraction of sp³-hybridized carbons (Fsp3) is 0.467. The van der Waals surface area contributed by atoms with E-state index in [0.29, 0.717) is 5.56 Å². The molecular formula is C15H18N2O2. The normalized spacial score (nSPS) is 17.5. The zero-order valence-corrected chi connectivity index (χ0v) is 11.5. The van der Waals surface area contributed by atoms with Gasteiger partial charge in [0.15, 0.2) is 0 Å². The summed E-state index contributed by atoms with van der Waals surface area (Å²) in [7, 11) is 0. The molecule has 1 aromatic rings. The number of hydrogen-bond donors (Lipinski definition) is 1. The number of fused-ring (bicyclic) bond motifs is 1. The molecule has 0 bridgehead atoms. The van der Waals surface area contributed by atoms with Crippen LogP contribution in [0.1, 0.15) is 49.9 Å². The predicted octanol–water partition coefficient (Wildman–Crippen LogP) is 3.07. The van der Waals surface area contributed by atoms with Gasteiger partial charge in [-0.25, -0.2) is 4.79 Å². The van der Waals surface area contributed by atoms with E-state index in [1.807, 2.05) is 32.9 Å². The van der Waals surface area contributed by atoms with Crippen molar-refractivity contribution in [1.82, 2.24) is 5.32 Å². The summed E-state index contributed by atoms with van der Waals surface area (Å²) < 4.78 is 5.26. The molecule has 1 aromatic carbocycles. The number of hydrogen-bond acceptors (Lipinski definition) is 3. The SMILES string of the molecule is CC(C)(C)OC(=O)NC1CCc2cccc(C#N)c21. The fourth-order valence-corrected chi connectivity index (χ4v) is 2.38. The van der Waals surface area contributed by atoms with E-state index in [0.717, 1.165) is 24.0 Å². The lowest BCUT2D eigenvalue weighted by Crippen LogP contribution is -2.34. The highest BCUT2D eigenvalue weighted by Gasteiger charge is 2.28. The first kappa shape index (κ1) is 13.4. The van der Waals surface area contributed by atoms with E-state index in [1.165, 1.54) is 0 Å². The molecule has 4 nitrogen and oxygen atoms in total. The van der Waals surface area contributed by atoms with Gasteiger partial charge in [-0.2, -0.15) is 5.26 Å². The van der Waals surface area contributed by atoms with Crippen LogP contribution in [0, 0.1) is 11.3 Å². The van der Waals surface area contributed by atoms with Gasteiger partial charge in [0, 0.05) is 0 Å². The Bertz CT molecular complexity index is 538. The molecule has 1 aliphatic carbocycles.